The number of hydrazone groups is 1. The van der Waals surface area contributed by atoms with E-state index in [1.165, 1.54) is 11.3 Å². The predicted octanol–water partition coefficient (Wildman–Crippen LogP) is 5.13. The molecule has 2 heterocycles. The molecular weight excluding hydrogens is 403 g/mol. The van der Waals surface area contributed by atoms with Crippen LogP contribution in [-0.2, 0) is 0 Å². The van der Waals surface area contributed by atoms with Crippen LogP contribution in [0.5, 0.6) is 0 Å². The topological polar surface area (TPSA) is 58.8 Å². The van der Waals surface area contributed by atoms with Crippen molar-refractivity contribution >= 4 is 51.6 Å². The molecule has 0 saturated carbocycles. The second-order valence-electron chi connectivity index (χ2n) is 5.61. The summed E-state index contributed by atoms with van der Waals surface area (Å²) in [5, 5.41) is 7.28. The third kappa shape index (κ3) is 3.73. The number of halogens is 2. The van der Waals surface area contributed by atoms with Crippen molar-refractivity contribution in [2.24, 2.45) is 5.10 Å². The van der Waals surface area contributed by atoms with E-state index in [9.17, 15) is 4.79 Å². The van der Waals surface area contributed by atoms with Gasteiger partial charge in [0.2, 0.25) is 0 Å². The molecule has 1 amide bonds. The number of amides is 1. The van der Waals surface area contributed by atoms with E-state index in [4.69, 9.17) is 23.2 Å². The number of aromatic nitrogens is 2. The smallest absolute Gasteiger partial charge is 0.271 e. The van der Waals surface area contributed by atoms with E-state index >= 15 is 0 Å². The maximum Gasteiger partial charge on any atom is 0.271 e. The second kappa shape index (κ2) is 7.52. The van der Waals surface area contributed by atoms with Crippen LogP contribution in [0, 0.1) is 0 Å². The van der Waals surface area contributed by atoms with Crippen LogP contribution in [0.4, 0.5) is 0 Å². The molecule has 2 aromatic heterocycles. The minimum Gasteiger partial charge on any atom is -0.289 e. The van der Waals surface area contributed by atoms with Gasteiger partial charge in [-0.05, 0) is 36.4 Å². The second-order valence-corrected chi connectivity index (χ2v) is 7.36. The standard InChI is InChI=1S/C19H12Cl2N4OS/c20-14-5-1-12(2-6-14)17-16(25-9-10-27-19(25)23-17)11-22-24-18(26)13-3-7-15(21)8-4-13/h1-11H,(H,24,26)/b22-11+. The van der Waals surface area contributed by atoms with E-state index in [1.54, 1.807) is 30.5 Å². The van der Waals surface area contributed by atoms with Gasteiger partial charge in [-0.1, -0.05) is 35.3 Å². The van der Waals surface area contributed by atoms with Crippen LogP contribution in [0.25, 0.3) is 16.2 Å². The fraction of sp³-hybridized carbons (Fsp3) is 0. The lowest BCUT2D eigenvalue weighted by Gasteiger charge is -2.02. The van der Waals surface area contributed by atoms with Gasteiger partial charge in [-0.25, -0.2) is 10.4 Å². The average molecular weight is 415 g/mol. The van der Waals surface area contributed by atoms with Gasteiger partial charge in [0.25, 0.3) is 5.91 Å². The zero-order chi connectivity index (χ0) is 18.8. The molecule has 0 atom stereocenters. The highest BCUT2D eigenvalue weighted by Gasteiger charge is 2.13. The van der Waals surface area contributed by atoms with Crippen LogP contribution >= 0.6 is 34.5 Å². The number of hydrogen-bond acceptors (Lipinski definition) is 4. The van der Waals surface area contributed by atoms with E-state index < -0.39 is 0 Å². The highest BCUT2D eigenvalue weighted by molar-refractivity contribution is 7.15. The normalized spacial score (nSPS) is 11.3. The number of hydrogen-bond donors (Lipinski definition) is 1. The number of carbonyl (C=O) groups is 1. The Labute approximate surface area is 168 Å². The molecule has 2 aromatic carbocycles. The van der Waals surface area contributed by atoms with Crippen molar-refractivity contribution in [2.75, 3.05) is 0 Å². The van der Waals surface area contributed by atoms with Crippen LogP contribution in [0.1, 0.15) is 16.1 Å². The van der Waals surface area contributed by atoms with Gasteiger partial charge in [0, 0.05) is 32.7 Å². The van der Waals surface area contributed by atoms with Crippen LogP contribution in [0.2, 0.25) is 10.0 Å². The van der Waals surface area contributed by atoms with Gasteiger partial charge in [0.05, 0.1) is 17.6 Å². The highest BCUT2D eigenvalue weighted by atomic mass is 35.5. The summed E-state index contributed by atoms with van der Waals surface area (Å²) in [5.41, 5.74) is 5.46. The van der Waals surface area contributed by atoms with Crippen molar-refractivity contribution in [3.63, 3.8) is 0 Å². The Hall–Kier alpha value is -2.67. The number of benzene rings is 2. The molecule has 0 radical (unpaired) electrons. The van der Waals surface area contributed by atoms with Crippen LogP contribution in [-0.4, -0.2) is 21.5 Å². The van der Waals surface area contributed by atoms with Gasteiger partial charge < -0.3 is 0 Å². The van der Waals surface area contributed by atoms with E-state index in [0.717, 1.165) is 21.9 Å². The maximum absolute atomic E-state index is 12.2. The maximum atomic E-state index is 12.2. The van der Waals surface area contributed by atoms with E-state index in [-0.39, 0.29) is 5.91 Å². The first-order chi connectivity index (χ1) is 13.1. The molecule has 0 aliphatic carbocycles. The van der Waals surface area contributed by atoms with Crippen molar-refractivity contribution in [1.82, 2.24) is 14.8 Å². The monoisotopic (exact) mass is 414 g/mol. The fourth-order valence-electron chi connectivity index (χ4n) is 2.56. The summed E-state index contributed by atoms with van der Waals surface area (Å²) in [4.78, 5) is 17.7. The molecule has 0 bridgehead atoms. The molecule has 0 saturated heterocycles. The summed E-state index contributed by atoms with van der Waals surface area (Å²) >= 11 is 13.3. The number of thiazole rings is 1. The van der Waals surface area contributed by atoms with Crippen LogP contribution in [0.3, 0.4) is 0 Å². The van der Waals surface area contributed by atoms with E-state index in [2.05, 4.69) is 15.5 Å². The zero-order valence-corrected chi connectivity index (χ0v) is 16.1. The van der Waals surface area contributed by atoms with Crippen LogP contribution < -0.4 is 5.43 Å². The van der Waals surface area contributed by atoms with Crippen molar-refractivity contribution in [2.45, 2.75) is 0 Å². The number of rotatable bonds is 4. The summed E-state index contributed by atoms with van der Waals surface area (Å²) in [7, 11) is 0. The molecule has 0 aliphatic rings. The zero-order valence-electron chi connectivity index (χ0n) is 13.8. The largest absolute Gasteiger partial charge is 0.289 e. The van der Waals surface area contributed by atoms with Gasteiger partial charge in [0.15, 0.2) is 4.96 Å². The number of carbonyl (C=O) groups excluding carboxylic acids is 1. The Balaban J connectivity index is 1.62. The molecule has 0 fully saturated rings. The van der Waals surface area contributed by atoms with Gasteiger partial charge in [0.1, 0.15) is 0 Å². The lowest BCUT2D eigenvalue weighted by Crippen LogP contribution is -2.17. The van der Waals surface area contributed by atoms with Gasteiger partial charge >= 0.3 is 0 Å². The summed E-state index contributed by atoms with van der Waals surface area (Å²) < 4.78 is 1.92. The third-order valence-corrected chi connectivity index (χ3v) is 5.14. The number of imidazole rings is 1. The first-order valence-corrected chi connectivity index (χ1v) is 9.56. The summed E-state index contributed by atoms with van der Waals surface area (Å²) in [6, 6.07) is 14.0. The molecule has 8 heteroatoms. The summed E-state index contributed by atoms with van der Waals surface area (Å²) in [6.45, 7) is 0. The molecule has 5 nitrogen and oxygen atoms in total. The average Bonchev–Trinajstić information content (AvgIpc) is 3.25. The fourth-order valence-corrected chi connectivity index (χ4v) is 3.54. The van der Waals surface area contributed by atoms with Gasteiger partial charge in [-0.2, -0.15) is 5.10 Å². The summed E-state index contributed by atoms with van der Waals surface area (Å²) in [6.07, 6.45) is 3.50. The highest BCUT2D eigenvalue weighted by Crippen LogP contribution is 2.26. The van der Waals surface area contributed by atoms with Crippen molar-refractivity contribution < 1.29 is 4.79 Å². The quantitative estimate of drug-likeness (QED) is 0.371. The molecule has 4 rings (SSSR count). The Morgan fingerprint density at radius 2 is 1.74 bits per heavy atom. The lowest BCUT2D eigenvalue weighted by atomic mass is 10.1. The predicted molar refractivity (Wildman–Crippen MR) is 110 cm³/mol. The minimum absolute atomic E-state index is 0.318. The SMILES string of the molecule is O=C(N/N=C/c1c(-c2ccc(Cl)cc2)nc2sccn12)c1ccc(Cl)cc1. The van der Waals surface area contributed by atoms with Gasteiger partial charge in [-0.3, -0.25) is 9.20 Å². The number of fused-ring (bicyclic) bond motifs is 1. The third-order valence-electron chi connectivity index (χ3n) is 3.88. The van der Waals surface area contributed by atoms with Crippen molar-refractivity contribution in [1.29, 1.82) is 0 Å². The molecule has 4 aromatic rings. The summed E-state index contributed by atoms with van der Waals surface area (Å²) in [5.74, 6) is -0.318. The van der Waals surface area contributed by atoms with E-state index in [1.807, 2.05) is 40.2 Å². The first-order valence-electron chi connectivity index (χ1n) is 7.92. The van der Waals surface area contributed by atoms with E-state index in [0.29, 0.717) is 15.6 Å². The first kappa shape index (κ1) is 17.7. The molecular formula is C19H12Cl2N4OS. The number of nitrogens with zero attached hydrogens (tertiary/aromatic N) is 3. The Bertz CT molecular complexity index is 1130. The Kier molecular flexibility index (Phi) is 4.94. The van der Waals surface area contributed by atoms with Gasteiger partial charge in [-0.15, -0.1) is 11.3 Å². The molecule has 0 spiro atoms. The molecule has 0 aliphatic heterocycles. The molecule has 134 valence electrons. The Morgan fingerprint density at radius 1 is 1.07 bits per heavy atom. The lowest BCUT2D eigenvalue weighted by molar-refractivity contribution is 0.0955. The van der Waals surface area contributed by atoms with Crippen molar-refractivity contribution in [3.8, 4) is 11.3 Å². The number of nitrogens with one attached hydrogen (secondary N) is 1. The minimum atomic E-state index is -0.318. The van der Waals surface area contributed by atoms with Crippen LogP contribution in [0.15, 0.2) is 65.2 Å². The molecule has 1 N–H and O–H groups in total. The van der Waals surface area contributed by atoms with Crippen molar-refractivity contribution in [3.05, 3.63) is 81.4 Å². The molecule has 0 unspecified atom stereocenters. The Morgan fingerprint density at radius 3 is 2.44 bits per heavy atom. The molecule has 27 heavy (non-hydrogen) atoms.